The Morgan fingerprint density at radius 1 is 1.09 bits per heavy atom. The zero-order valence-electron chi connectivity index (χ0n) is 19.3. The minimum absolute atomic E-state index is 0.0342. The molecule has 1 aliphatic carbocycles. The third kappa shape index (κ3) is 5.56. The maximum absolute atomic E-state index is 13.0. The van der Waals surface area contributed by atoms with Gasteiger partial charge in [0.1, 0.15) is 6.33 Å². The lowest BCUT2D eigenvalue weighted by Crippen LogP contribution is -2.25. The van der Waals surface area contributed by atoms with E-state index in [0.717, 1.165) is 30.4 Å². The molecule has 172 valence electrons. The van der Waals surface area contributed by atoms with Gasteiger partial charge in [0, 0.05) is 5.92 Å². The van der Waals surface area contributed by atoms with E-state index in [1.54, 1.807) is 23.1 Å². The van der Waals surface area contributed by atoms with Crippen molar-refractivity contribution >= 4 is 11.8 Å². The highest BCUT2D eigenvalue weighted by Gasteiger charge is 2.30. The van der Waals surface area contributed by atoms with E-state index >= 15 is 0 Å². The normalized spacial score (nSPS) is 18.4. The van der Waals surface area contributed by atoms with Crippen molar-refractivity contribution in [3.05, 3.63) is 71.8 Å². The van der Waals surface area contributed by atoms with Crippen LogP contribution in [0.25, 0.3) is 11.1 Å². The van der Waals surface area contributed by atoms with Crippen LogP contribution in [-0.2, 0) is 6.54 Å². The molecule has 1 N–H and O–H groups in total. The standard InChI is InChI=1S/C27H31N3O3/c1-18(2)14-20-6-5-7-22(15-20)25(31)26-28-17-30(29-26)16-19-10-12-21(13-11-19)23-8-3-4-9-24(23)27(32)33/h3-4,8-13,17-18,20,22H,5-7,14-16H2,1-2H3,(H,32,33). The van der Waals surface area contributed by atoms with E-state index in [1.807, 2.05) is 36.4 Å². The molecule has 1 fully saturated rings. The first-order valence-corrected chi connectivity index (χ1v) is 11.8. The largest absolute Gasteiger partial charge is 0.478 e. The summed E-state index contributed by atoms with van der Waals surface area (Å²) in [5.74, 6) is 0.764. The average Bonchev–Trinajstić information content (AvgIpc) is 3.27. The number of benzene rings is 2. The van der Waals surface area contributed by atoms with E-state index in [9.17, 15) is 14.7 Å². The molecule has 2 unspecified atom stereocenters. The highest BCUT2D eigenvalue weighted by molar-refractivity contribution is 5.96. The van der Waals surface area contributed by atoms with Gasteiger partial charge in [-0.1, -0.05) is 69.2 Å². The number of hydrogen-bond acceptors (Lipinski definition) is 4. The SMILES string of the molecule is CC(C)CC1CCCC(C(=O)c2ncn(Cc3ccc(-c4ccccc4C(=O)O)cc3)n2)C1. The Kier molecular flexibility index (Phi) is 7.02. The molecule has 3 aromatic rings. The summed E-state index contributed by atoms with van der Waals surface area (Å²) < 4.78 is 1.70. The maximum Gasteiger partial charge on any atom is 0.336 e. The number of ketones is 1. The van der Waals surface area contributed by atoms with Gasteiger partial charge in [-0.25, -0.2) is 14.5 Å². The molecule has 4 rings (SSSR count). The van der Waals surface area contributed by atoms with Gasteiger partial charge in [0.05, 0.1) is 12.1 Å². The number of nitrogens with zero attached hydrogens (tertiary/aromatic N) is 3. The van der Waals surface area contributed by atoms with Crippen LogP contribution in [0, 0.1) is 17.8 Å². The molecule has 0 radical (unpaired) electrons. The minimum atomic E-state index is -0.942. The van der Waals surface area contributed by atoms with E-state index < -0.39 is 5.97 Å². The van der Waals surface area contributed by atoms with E-state index in [-0.39, 0.29) is 17.3 Å². The molecule has 0 amide bonds. The summed E-state index contributed by atoms with van der Waals surface area (Å²) in [6.45, 7) is 4.99. The van der Waals surface area contributed by atoms with Gasteiger partial charge in [-0.15, -0.1) is 5.10 Å². The first-order valence-electron chi connectivity index (χ1n) is 11.8. The fourth-order valence-corrected chi connectivity index (χ4v) is 4.97. The van der Waals surface area contributed by atoms with Crippen LogP contribution in [0.15, 0.2) is 54.9 Å². The number of carbonyl (C=O) groups is 2. The summed E-state index contributed by atoms with van der Waals surface area (Å²) in [5, 5.41) is 13.9. The molecule has 0 saturated heterocycles. The van der Waals surface area contributed by atoms with Crippen molar-refractivity contribution in [2.45, 2.75) is 52.5 Å². The predicted octanol–water partition coefficient (Wildman–Crippen LogP) is 5.73. The number of Topliss-reactive ketones (excluding diaryl/α,β-unsaturated/α-hetero) is 1. The number of carbonyl (C=O) groups excluding carboxylic acids is 1. The van der Waals surface area contributed by atoms with Crippen LogP contribution < -0.4 is 0 Å². The van der Waals surface area contributed by atoms with Crippen LogP contribution in [0.2, 0.25) is 0 Å². The topological polar surface area (TPSA) is 85.1 Å². The number of carboxylic acids is 1. The molecule has 1 heterocycles. The van der Waals surface area contributed by atoms with Gasteiger partial charge in [-0.3, -0.25) is 4.79 Å². The van der Waals surface area contributed by atoms with Gasteiger partial charge in [0.25, 0.3) is 0 Å². The van der Waals surface area contributed by atoms with E-state index in [2.05, 4.69) is 23.9 Å². The van der Waals surface area contributed by atoms with Crippen molar-refractivity contribution in [3.8, 4) is 11.1 Å². The van der Waals surface area contributed by atoms with Gasteiger partial charge in [-0.05, 0) is 53.9 Å². The molecule has 33 heavy (non-hydrogen) atoms. The van der Waals surface area contributed by atoms with Crippen LogP contribution in [0.4, 0.5) is 0 Å². The molecule has 1 aromatic heterocycles. The number of rotatable bonds is 8. The Hall–Kier alpha value is -3.28. The minimum Gasteiger partial charge on any atom is -0.478 e. The predicted molar refractivity (Wildman–Crippen MR) is 127 cm³/mol. The molecule has 0 spiro atoms. The average molecular weight is 446 g/mol. The number of hydrogen-bond donors (Lipinski definition) is 1. The molecule has 2 atom stereocenters. The zero-order valence-corrected chi connectivity index (χ0v) is 19.3. The molecule has 6 heteroatoms. The molecular weight excluding hydrogens is 414 g/mol. The number of aromatic carboxylic acids is 1. The molecule has 1 aliphatic rings. The van der Waals surface area contributed by atoms with Crippen LogP contribution in [0.5, 0.6) is 0 Å². The highest BCUT2D eigenvalue weighted by Crippen LogP contribution is 2.34. The summed E-state index contributed by atoms with van der Waals surface area (Å²) >= 11 is 0. The second-order valence-corrected chi connectivity index (χ2v) is 9.54. The Labute approximate surface area is 194 Å². The summed E-state index contributed by atoms with van der Waals surface area (Å²) in [6.07, 6.45) is 7.00. The van der Waals surface area contributed by atoms with E-state index in [4.69, 9.17) is 0 Å². The van der Waals surface area contributed by atoms with Gasteiger partial charge >= 0.3 is 5.97 Å². The fourth-order valence-electron chi connectivity index (χ4n) is 4.97. The van der Waals surface area contributed by atoms with Crippen LogP contribution >= 0.6 is 0 Å². The molecule has 0 aliphatic heterocycles. The van der Waals surface area contributed by atoms with Crippen molar-refractivity contribution in [1.82, 2.24) is 14.8 Å². The van der Waals surface area contributed by atoms with Crippen LogP contribution in [-0.4, -0.2) is 31.6 Å². The first kappa shape index (κ1) is 22.9. The highest BCUT2D eigenvalue weighted by atomic mass is 16.4. The Morgan fingerprint density at radius 3 is 2.58 bits per heavy atom. The fraction of sp³-hybridized carbons (Fsp3) is 0.407. The lowest BCUT2D eigenvalue weighted by Gasteiger charge is -2.28. The molecule has 0 bridgehead atoms. The first-order chi connectivity index (χ1) is 15.9. The molecular formula is C27H31N3O3. The van der Waals surface area contributed by atoms with E-state index in [1.165, 1.54) is 12.8 Å². The summed E-state index contributed by atoms with van der Waals surface area (Å²) in [6, 6.07) is 14.7. The van der Waals surface area contributed by atoms with Gasteiger partial charge < -0.3 is 5.11 Å². The van der Waals surface area contributed by atoms with Gasteiger partial charge in [-0.2, -0.15) is 0 Å². The third-order valence-corrected chi connectivity index (χ3v) is 6.48. The van der Waals surface area contributed by atoms with Crippen molar-refractivity contribution in [2.24, 2.45) is 17.8 Å². The molecule has 2 aromatic carbocycles. The quantitative estimate of drug-likeness (QED) is 0.448. The lowest BCUT2D eigenvalue weighted by atomic mass is 9.76. The summed E-state index contributed by atoms with van der Waals surface area (Å²) in [7, 11) is 0. The summed E-state index contributed by atoms with van der Waals surface area (Å²) in [4.78, 5) is 28.8. The van der Waals surface area contributed by atoms with Crippen molar-refractivity contribution < 1.29 is 14.7 Å². The summed E-state index contributed by atoms with van der Waals surface area (Å²) in [5.41, 5.74) is 2.82. The van der Waals surface area contributed by atoms with Crippen molar-refractivity contribution in [3.63, 3.8) is 0 Å². The smallest absolute Gasteiger partial charge is 0.336 e. The molecule has 1 saturated carbocycles. The number of carboxylic acid groups (broad SMARTS) is 1. The maximum atomic E-state index is 13.0. The third-order valence-electron chi connectivity index (χ3n) is 6.48. The van der Waals surface area contributed by atoms with Gasteiger partial charge in [0.15, 0.2) is 0 Å². The zero-order chi connectivity index (χ0) is 23.4. The van der Waals surface area contributed by atoms with Crippen molar-refractivity contribution in [2.75, 3.05) is 0 Å². The van der Waals surface area contributed by atoms with Gasteiger partial charge in [0.2, 0.25) is 11.6 Å². The second-order valence-electron chi connectivity index (χ2n) is 9.54. The van der Waals surface area contributed by atoms with Crippen LogP contribution in [0.3, 0.4) is 0 Å². The Balaban J connectivity index is 1.42. The number of aromatic nitrogens is 3. The molecule has 6 nitrogen and oxygen atoms in total. The second kappa shape index (κ2) is 10.1. The van der Waals surface area contributed by atoms with Crippen LogP contribution in [0.1, 0.15) is 72.5 Å². The Bertz CT molecular complexity index is 1120. The van der Waals surface area contributed by atoms with Crippen molar-refractivity contribution in [1.29, 1.82) is 0 Å². The lowest BCUT2D eigenvalue weighted by molar-refractivity contribution is 0.0697. The van der Waals surface area contributed by atoms with E-state index in [0.29, 0.717) is 29.8 Å². The Morgan fingerprint density at radius 2 is 1.85 bits per heavy atom. The monoisotopic (exact) mass is 445 g/mol.